The highest BCUT2D eigenvalue weighted by Crippen LogP contribution is 2.30. The fraction of sp³-hybridized carbons (Fsp3) is 0.0400. The molecule has 4 nitrogen and oxygen atoms in total. The quantitative estimate of drug-likeness (QED) is 0.136. The van der Waals surface area contributed by atoms with Crippen LogP contribution in [0.1, 0.15) is 21.5 Å². The maximum absolute atomic E-state index is 12.2. The summed E-state index contributed by atoms with van der Waals surface area (Å²) in [7, 11) is 0. The predicted octanol–water partition coefficient (Wildman–Crippen LogP) is 7.05. The second-order valence-electron chi connectivity index (χ2n) is 6.95. The van der Waals surface area contributed by atoms with Crippen LogP contribution in [0.15, 0.2) is 84.0 Å². The van der Waals surface area contributed by atoms with Gasteiger partial charge in [0.15, 0.2) is 0 Å². The molecule has 0 fully saturated rings. The third-order valence-electron chi connectivity index (χ3n) is 4.74. The Hall–Kier alpha value is -2.17. The number of carbonyl (C=O) groups is 1. The van der Waals surface area contributed by atoms with Crippen molar-refractivity contribution >= 4 is 79.7 Å². The Morgan fingerprint density at radius 2 is 1.69 bits per heavy atom. The van der Waals surface area contributed by atoms with Gasteiger partial charge in [0.1, 0.15) is 12.4 Å². The number of hydrazone groups is 1. The minimum absolute atomic E-state index is 0.316. The molecular formula is C25H17ClI2N2O2. The molecule has 32 heavy (non-hydrogen) atoms. The zero-order valence-corrected chi connectivity index (χ0v) is 21.8. The number of ether oxygens (including phenoxy) is 1. The molecule has 0 saturated heterocycles. The Labute approximate surface area is 218 Å². The molecule has 0 aliphatic heterocycles. The predicted molar refractivity (Wildman–Crippen MR) is 147 cm³/mol. The lowest BCUT2D eigenvalue weighted by atomic mass is 10.1. The third kappa shape index (κ3) is 5.60. The molecule has 4 aromatic rings. The van der Waals surface area contributed by atoms with Gasteiger partial charge in [-0.1, -0.05) is 60.1 Å². The van der Waals surface area contributed by atoms with E-state index in [0.29, 0.717) is 17.2 Å². The average Bonchev–Trinajstić information content (AvgIpc) is 2.78. The Balaban J connectivity index is 1.45. The van der Waals surface area contributed by atoms with E-state index in [1.807, 2.05) is 30.3 Å². The highest BCUT2D eigenvalue weighted by molar-refractivity contribution is 14.1. The monoisotopic (exact) mass is 666 g/mol. The van der Waals surface area contributed by atoms with Crippen molar-refractivity contribution in [2.45, 2.75) is 6.61 Å². The molecule has 0 heterocycles. The van der Waals surface area contributed by atoms with Gasteiger partial charge in [-0.3, -0.25) is 4.79 Å². The number of hydrogen-bond donors (Lipinski definition) is 1. The van der Waals surface area contributed by atoms with Gasteiger partial charge in [-0.05, 0) is 97.4 Å². The Morgan fingerprint density at radius 3 is 2.47 bits per heavy atom. The fourth-order valence-corrected chi connectivity index (χ4v) is 5.54. The standard InChI is InChI=1S/C25H17ClI2N2O2/c26-20-9-4-7-18(13-20)25(31)30-29-14-16-11-22(27)24(23(28)12-16)32-15-19-8-3-6-17-5-1-2-10-21(17)19/h1-14H,15H2,(H,30,31)/b29-14+. The van der Waals surface area contributed by atoms with E-state index >= 15 is 0 Å². The van der Waals surface area contributed by atoms with Gasteiger partial charge in [-0.2, -0.15) is 5.10 Å². The van der Waals surface area contributed by atoms with Crippen LogP contribution in [-0.2, 0) is 6.61 Å². The number of rotatable bonds is 6. The van der Waals surface area contributed by atoms with Crippen LogP contribution >= 0.6 is 56.8 Å². The summed E-state index contributed by atoms with van der Waals surface area (Å²) in [4.78, 5) is 12.2. The van der Waals surface area contributed by atoms with Crippen molar-refractivity contribution in [3.05, 3.63) is 108 Å². The number of hydrogen-bond acceptors (Lipinski definition) is 3. The van der Waals surface area contributed by atoms with E-state index in [1.165, 1.54) is 10.8 Å². The molecule has 160 valence electrons. The SMILES string of the molecule is O=C(N/N=C/c1cc(I)c(OCc2cccc3ccccc23)c(I)c1)c1cccc(Cl)c1. The Kier molecular flexibility index (Phi) is 7.64. The van der Waals surface area contributed by atoms with E-state index in [4.69, 9.17) is 16.3 Å². The van der Waals surface area contributed by atoms with Crippen LogP contribution in [0, 0.1) is 7.14 Å². The van der Waals surface area contributed by atoms with Gasteiger partial charge in [-0.15, -0.1) is 0 Å². The molecule has 7 heteroatoms. The average molecular weight is 667 g/mol. The molecule has 1 N–H and O–H groups in total. The highest BCUT2D eigenvalue weighted by Gasteiger charge is 2.10. The fourth-order valence-electron chi connectivity index (χ4n) is 3.22. The number of amides is 1. The van der Waals surface area contributed by atoms with Crippen molar-refractivity contribution in [3.8, 4) is 5.75 Å². The number of halogens is 3. The smallest absolute Gasteiger partial charge is 0.271 e. The maximum atomic E-state index is 12.2. The van der Waals surface area contributed by atoms with Crippen molar-refractivity contribution in [1.82, 2.24) is 5.43 Å². The van der Waals surface area contributed by atoms with Crippen LogP contribution in [0.4, 0.5) is 0 Å². The summed E-state index contributed by atoms with van der Waals surface area (Å²) in [6.45, 7) is 0.483. The first kappa shape index (κ1) is 23.0. The van der Waals surface area contributed by atoms with Gasteiger partial charge in [0.2, 0.25) is 0 Å². The molecule has 0 bridgehead atoms. The summed E-state index contributed by atoms with van der Waals surface area (Å²) in [5, 5.41) is 6.97. The van der Waals surface area contributed by atoms with Crippen LogP contribution in [0.25, 0.3) is 10.8 Å². The second kappa shape index (κ2) is 10.6. The van der Waals surface area contributed by atoms with Crippen molar-refractivity contribution in [1.29, 1.82) is 0 Å². The number of benzene rings is 4. The van der Waals surface area contributed by atoms with Gasteiger partial charge >= 0.3 is 0 Å². The minimum atomic E-state index is -0.316. The van der Waals surface area contributed by atoms with Crippen LogP contribution in [0.3, 0.4) is 0 Å². The highest BCUT2D eigenvalue weighted by atomic mass is 127. The summed E-state index contributed by atoms with van der Waals surface area (Å²) >= 11 is 10.4. The van der Waals surface area contributed by atoms with Gasteiger partial charge < -0.3 is 4.74 Å². The first-order chi connectivity index (χ1) is 15.5. The van der Waals surface area contributed by atoms with Crippen LogP contribution in [-0.4, -0.2) is 12.1 Å². The Bertz CT molecular complexity index is 1300. The molecule has 4 rings (SSSR count). The van der Waals surface area contributed by atoms with Crippen molar-refractivity contribution in [2.24, 2.45) is 5.10 Å². The lowest BCUT2D eigenvalue weighted by Gasteiger charge is -2.13. The van der Waals surface area contributed by atoms with E-state index < -0.39 is 0 Å². The van der Waals surface area contributed by atoms with Gasteiger partial charge in [-0.25, -0.2) is 5.43 Å². The molecule has 0 radical (unpaired) electrons. The molecular weight excluding hydrogens is 650 g/mol. The normalized spacial score (nSPS) is 11.1. The van der Waals surface area contributed by atoms with E-state index in [1.54, 1.807) is 30.5 Å². The van der Waals surface area contributed by atoms with E-state index in [-0.39, 0.29) is 5.91 Å². The van der Waals surface area contributed by atoms with Crippen LogP contribution < -0.4 is 10.2 Å². The molecule has 4 aromatic carbocycles. The third-order valence-corrected chi connectivity index (χ3v) is 6.58. The molecule has 0 aliphatic rings. The van der Waals surface area contributed by atoms with E-state index in [9.17, 15) is 4.79 Å². The molecule has 0 spiro atoms. The number of fused-ring (bicyclic) bond motifs is 1. The first-order valence-electron chi connectivity index (χ1n) is 9.69. The number of nitrogens with zero attached hydrogens (tertiary/aromatic N) is 1. The molecule has 0 aliphatic carbocycles. The zero-order chi connectivity index (χ0) is 22.5. The molecule has 1 amide bonds. The lowest BCUT2D eigenvalue weighted by Crippen LogP contribution is -2.17. The van der Waals surface area contributed by atoms with Crippen molar-refractivity contribution in [2.75, 3.05) is 0 Å². The second-order valence-corrected chi connectivity index (χ2v) is 9.71. The summed E-state index contributed by atoms with van der Waals surface area (Å²) in [5.41, 5.74) is 4.99. The maximum Gasteiger partial charge on any atom is 0.271 e. The lowest BCUT2D eigenvalue weighted by molar-refractivity contribution is 0.0955. The topological polar surface area (TPSA) is 50.7 Å². The zero-order valence-electron chi connectivity index (χ0n) is 16.7. The van der Waals surface area contributed by atoms with Gasteiger partial charge in [0.05, 0.1) is 13.4 Å². The molecule has 0 unspecified atom stereocenters. The Morgan fingerprint density at radius 1 is 0.969 bits per heavy atom. The summed E-state index contributed by atoms with van der Waals surface area (Å²) in [6.07, 6.45) is 1.61. The first-order valence-corrected chi connectivity index (χ1v) is 12.2. The van der Waals surface area contributed by atoms with E-state index in [2.05, 4.69) is 80.0 Å². The van der Waals surface area contributed by atoms with E-state index in [0.717, 1.165) is 24.0 Å². The van der Waals surface area contributed by atoms with Gasteiger partial charge in [0, 0.05) is 10.6 Å². The number of carbonyl (C=O) groups excluding carboxylic acids is 1. The van der Waals surface area contributed by atoms with Gasteiger partial charge in [0.25, 0.3) is 5.91 Å². The summed E-state index contributed by atoms with van der Waals surface area (Å²) in [6, 6.07) is 25.2. The van der Waals surface area contributed by atoms with Crippen LogP contribution in [0.5, 0.6) is 5.75 Å². The molecule has 0 atom stereocenters. The summed E-state index contributed by atoms with van der Waals surface area (Å²) < 4.78 is 8.13. The number of nitrogens with one attached hydrogen (secondary N) is 1. The van der Waals surface area contributed by atoms with Crippen molar-refractivity contribution in [3.63, 3.8) is 0 Å². The largest absolute Gasteiger partial charge is 0.487 e. The van der Waals surface area contributed by atoms with Crippen LogP contribution in [0.2, 0.25) is 5.02 Å². The summed E-state index contributed by atoms with van der Waals surface area (Å²) in [5.74, 6) is 0.516. The molecule has 0 aromatic heterocycles. The van der Waals surface area contributed by atoms with Crippen molar-refractivity contribution < 1.29 is 9.53 Å². The molecule has 0 saturated carbocycles. The minimum Gasteiger partial charge on any atom is -0.487 e.